The molecule has 1 unspecified atom stereocenters. The molecule has 0 spiro atoms. The molecule has 0 saturated carbocycles. The number of nitrogens with zero attached hydrogens (tertiary/aromatic N) is 2. The number of carbonyl (C=O) groups is 1. The molecule has 0 aliphatic carbocycles. The van der Waals surface area contributed by atoms with Gasteiger partial charge in [-0.3, -0.25) is 14.9 Å². The minimum absolute atomic E-state index is 0.0379. The van der Waals surface area contributed by atoms with E-state index in [0.717, 1.165) is 25.9 Å². The highest BCUT2D eigenvalue weighted by molar-refractivity contribution is 7.91. The summed E-state index contributed by atoms with van der Waals surface area (Å²) in [6.07, 6.45) is 2.30. The zero-order valence-electron chi connectivity index (χ0n) is 15.6. The van der Waals surface area contributed by atoms with E-state index in [1.165, 1.54) is 6.07 Å². The molecule has 9 heteroatoms. The zero-order valence-corrected chi connectivity index (χ0v) is 16.4. The third-order valence-electron chi connectivity index (χ3n) is 5.48. The van der Waals surface area contributed by atoms with Crippen molar-refractivity contribution in [2.45, 2.75) is 38.6 Å². The number of carbonyl (C=O) groups excluding carboxylic acids is 1. The number of nitro groups is 1. The van der Waals surface area contributed by atoms with Gasteiger partial charge in [-0.25, -0.2) is 8.42 Å². The topological polar surface area (TPSA) is 110 Å². The predicted molar refractivity (Wildman–Crippen MR) is 103 cm³/mol. The van der Waals surface area contributed by atoms with Crippen LogP contribution in [0.3, 0.4) is 0 Å². The van der Waals surface area contributed by atoms with Gasteiger partial charge < -0.3 is 10.2 Å². The molecule has 2 fully saturated rings. The third kappa shape index (κ3) is 4.40. The molecule has 148 valence electrons. The summed E-state index contributed by atoms with van der Waals surface area (Å²) in [5.74, 6) is 0.0408. The van der Waals surface area contributed by atoms with E-state index in [-0.39, 0.29) is 22.8 Å². The predicted octanol–water partition coefficient (Wildman–Crippen LogP) is 2.14. The molecule has 2 saturated heterocycles. The first-order chi connectivity index (χ1) is 12.6. The highest BCUT2D eigenvalue weighted by Gasteiger charge is 2.39. The Labute approximate surface area is 159 Å². The Bertz CT molecular complexity index is 862. The summed E-state index contributed by atoms with van der Waals surface area (Å²) in [5, 5.41) is 14.3. The normalized spacial score (nSPS) is 25.3. The average molecular weight is 395 g/mol. The van der Waals surface area contributed by atoms with Crippen LogP contribution in [0, 0.1) is 16.0 Å². The van der Waals surface area contributed by atoms with E-state index in [4.69, 9.17) is 0 Å². The molecule has 27 heavy (non-hydrogen) atoms. The van der Waals surface area contributed by atoms with Crippen LogP contribution in [-0.2, 0) is 9.84 Å². The second-order valence-corrected chi connectivity index (χ2v) is 10.2. The second kappa shape index (κ2) is 7.10. The van der Waals surface area contributed by atoms with Gasteiger partial charge >= 0.3 is 0 Å². The first-order valence-electron chi connectivity index (χ1n) is 9.15. The van der Waals surface area contributed by atoms with E-state index in [0.29, 0.717) is 18.0 Å². The van der Waals surface area contributed by atoms with Crippen molar-refractivity contribution in [3.8, 4) is 0 Å². The molecule has 2 heterocycles. The lowest BCUT2D eigenvalue weighted by molar-refractivity contribution is -0.384. The van der Waals surface area contributed by atoms with Crippen molar-refractivity contribution < 1.29 is 18.1 Å². The first kappa shape index (κ1) is 19.6. The Morgan fingerprint density at radius 3 is 2.56 bits per heavy atom. The van der Waals surface area contributed by atoms with Crippen LogP contribution < -0.4 is 10.2 Å². The number of anilines is 1. The van der Waals surface area contributed by atoms with Gasteiger partial charge in [0.1, 0.15) is 5.69 Å². The molecule has 1 aromatic carbocycles. The van der Waals surface area contributed by atoms with E-state index in [9.17, 15) is 23.3 Å². The van der Waals surface area contributed by atoms with Crippen molar-refractivity contribution in [3.05, 3.63) is 33.9 Å². The smallest absolute Gasteiger partial charge is 0.293 e. The molecule has 2 aliphatic rings. The quantitative estimate of drug-likeness (QED) is 0.618. The highest BCUT2D eigenvalue weighted by Crippen LogP contribution is 2.32. The Hall–Kier alpha value is -2.16. The lowest BCUT2D eigenvalue weighted by Gasteiger charge is -2.31. The Morgan fingerprint density at radius 2 is 2.00 bits per heavy atom. The molecule has 3 rings (SSSR count). The number of hydrogen-bond donors (Lipinski definition) is 1. The summed E-state index contributed by atoms with van der Waals surface area (Å²) in [6.45, 7) is 5.36. The monoisotopic (exact) mass is 395 g/mol. The fourth-order valence-corrected chi connectivity index (χ4v) is 5.88. The fraction of sp³-hybridized carbons (Fsp3) is 0.611. The van der Waals surface area contributed by atoms with E-state index in [1.54, 1.807) is 19.1 Å². The van der Waals surface area contributed by atoms with Crippen LogP contribution in [0.2, 0.25) is 0 Å². The highest BCUT2D eigenvalue weighted by atomic mass is 32.2. The summed E-state index contributed by atoms with van der Waals surface area (Å²) in [6, 6.07) is 4.48. The second-order valence-electron chi connectivity index (χ2n) is 7.99. The summed E-state index contributed by atoms with van der Waals surface area (Å²) >= 11 is 0. The molecule has 1 amide bonds. The standard InChI is InChI=1S/C18H25N3O5S/c1-13-5-8-20(9-6-13)15-4-3-14(11-16(15)21(23)24)17(22)19-18(2)7-10-27(25,26)12-18/h3-4,11,13H,5-10,12H2,1-2H3,(H,19,22). The fourth-order valence-electron chi connectivity index (χ4n) is 3.78. The van der Waals surface area contributed by atoms with Gasteiger partial charge in [-0.15, -0.1) is 0 Å². The maximum Gasteiger partial charge on any atom is 0.293 e. The van der Waals surface area contributed by atoms with Crippen LogP contribution >= 0.6 is 0 Å². The van der Waals surface area contributed by atoms with E-state index < -0.39 is 26.2 Å². The Balaban J connectivity index is 1.81. The molecule has 0 radical (unpaired) electrons. The van der Waals surface area contributed by atoms with Gasteiger partial charge in [0.25, 0.3) is 11.6 Å². The summed E-state index contributed by atoms with van der Waals surface area (Å²) in [4.78, 5) is 25.7. The number of amides is 1. The molecule has 2 aliphatic heterocycles. The van der Waals surface area contributed by atoms with Crippen LogP contribution in [0.4, 0.5) is 11.4 Å². The SMILES string of the molecule is CC1CCN(c2ccc(C(=O)NC3(C)CCS(=O)(=O)C3)cc2[N+](=O)[O-])CC1. The van der Waals surface area contributed by atoms with E-state index in [2.05, 4.69) is 12.2 Å². The maximum atomic E-state index is 12.6. The van der Waals surface area contributed by atoms with Gasteiger partial charge in [-0.1, -0.05) is 6.92 Å². The zero-order chi connectivity index (χ0) is 19.8. The first-order valence-corrected chi connectivity index (χ1v) is 11.0. The van der Waals surface area contributed by atoms with Crippen LogP contribution in [0.5, 0.6) is 0 Å². The van der Waals surface area contributed by atoms with Crippen LogP contribution in [0.15, 0.2) is 18.2 Å². The van der Waals surface area contributed by atoms with Gasteiger partial charge in [-0.2, -0.15) is 0 Å². The number of sulfone groups is 1. The number of nitrogens with one attached hydrogen (secondary N) is 1. The molecule has 0 bridgehead atoms. The van der Waals surface area contributed by atoms with E-state index >= 15 is 0 Å². The Kier molecular flexibility index (Phi) is 5.16. The van der Waals surface area contributed by atoms with Crippen molar-refractivity contribution in [3.63, 3.8) is 0 Å². The molecule has 1 aromatic rings. The number of hydrogen-bond acceptors (Lipinski definition) is 6. The number of rotatable bonds is 4. The maximum absolute atomic E-state index is 12.6. The molecule has 1 N–H and O–H groups in total. The van der Waals surface area contributed by atoms with Crippen LogP contribution in [0.25, 0.3) is 0 Å². The third-order valence-corrected chi connectivity index (χ3v) is 7.38. The van der Waals surface area contributed by atoms with Crippen LogP contribution in [0.1, 0.15) is 43.5 Å². The van der Waals surface area contributed by atoms with Gasteiger partial charge in [0.05, 0.1) is 22.0 Å². The number of piperidine rings is 1. The Morgan fingerprint density at radius 1 is 1.33 bits per heavy atom. The minimum atomic E-state index is -3.16. The van der Waals surface area contributed by atoms with Crippen LogP contribution in [-0.4, -0.2) is 49.4 Å². The number of nitro benzene ring substituents is 1. The van der Waals surface area contributed by atoms with Crippen molar-refractivity contribution in [1.82, 2.24) is 5.32 Å². The largest absolute Gasteiger partial charge is 0.366 e. The summed E-state index contributed by atoms with van der Waals surface area (Å²) in [7, 11) is -3.16. The van der Waals surface area contributed by atoms with Gasteiger partial charge in [0.2, 0.25) is 0 Å². The molecular weight excluding hydrogens is 370 g/mol. The van der Waals surface area contributed by atoms with Gasteiger partial charge in [-0.05, 0) is 44.2 Å². The van der Waals surface area contributed by atoms with Crippen molar-refractivity contribution in [2.24, 2.45) is 5.92 Å². The minimum Gasteiger partial charge on any atom is -0.366 e. The molecule has 8 nitrogen and oxygen atoms in total. The summed E-state index contributed by atoms with van der Waals surface area (Å²) < 4.78 is 23.4. The summed E-state index contributed by atoms with van der Waals surface area (Å²) in [5.41, 5.74) is -0.243. The average Bonchev–Trinajstić information content (AvgIpc) is 2.87. The lowest BCUT2D eigenvalue weighted by Crippen LogP contribution is -2.46. The van der Waals surface area contributed by atoms with Gasteiger partial charge in [0.15, 0.2) is 9.84 Å². The molecule has 0 aromatic heterocycles. The van der Waals surface area contributed by atoms with Crippen molar-refractivity contribution in [1.29, 1.82) is 0 Å². The molecule has 1 atom stereocenters. The van der Waals surface area contributed by atoms with E-state index in [1.807, 2.05) is 4.90 Å². The molecular formula is C18H25N3O5S. The number of benzene rings is 1. The van der Waals surface area contributed by atoms with Crippen molar-refractivity contribution >= 4 is 27.1 Å². The van der Waals surface area contributed by atoms with Crippen molar-refractivity contribution in [2.75, 3.05) is 29.5 Å². The van der Waals surface area contributed by atoms with Gasteiger partial charge in [0, 0.05) is 24.7 Å². The lowest BCUT2D eigenvalue weighted by atomic mass is 9.98.